The maximum absolute atomic E-state index is 12.0. The zero-order valence-electron chi connectivity index (χ0n) is 11.9. The number of hydrogen-bond acceptors (Lipinski definition) is 4. The molecule has 2 aromatic carbocycles. The maximum Gasteiger partial charge on any atom is 0.177 e. The third-order valence-corrected chi connectivity index (χ3v) is 4.72. The fourth-order valence-electron chi connectivity index (χ4n) is 2.04. The van der Waals surface area contributed by atoms with Gasteiger partial charge in [-0.3, -0.25) is 4.79 Å². The van der Waals surface area contributed by atoms with Gasteiger partial charge < -0.3 is 0 Å². The molecule has 22 heavy (non-hydrogen) atoms. The van der Waals surface area contributed by atoms with Crippen molar-refractivity contribution in [3.8, 4) is 17.2 Å². The standard InChI is InChI=1S/C17H15NO3S/c18-11-4-12-22(20,21)13-17(19)16-9-7-15(8-10-16)14-5-2-1-3-6-14/h1-3,5-10H,4,12-13H2. The number of carbonyl (C=O) groups excluding carboxylic acids is 1. The second kappa shape index (κ2) is 7.01. The summed E-state index contributed by atoms with van der Waals surface area (Å²) in [5.41, 5.74) is 2.35. The Morgan fingerprint density at radius 1 is 0.955 bits per heavy atom. The second-order valence-electron chi connectivity index (χ2n) is 4.87. The molecular weight excluding hydrogens is 298 g/mol. The molecule has 5 heteroatoms. The van der Waals surface area contributed by atoms with Crippen molar-refractivity contribution in [2.45, 2.75) is 6.42 Å². The van der Waals surface area contributed by atoms with E-state index in [-0.39, 0.29) is 12.2 Å². The molecule has 0 heterocycles. The number of rotatable bonds is 6. The fraction of sp³-hybridized carbons (Fsp3) is 0.176. The molecule has 0 amide bonds. The van der Waals surface area contributed by atoms with Crippen LogP contribution in [0.15, 0.2) is 54.6 Å². The second-order valence-corrected chi connectivity index (χ2v) is 7.05. The van der Waals surface area contributed by atoms with Gasteiger partial charge in [-0.25, -0.2) is 8.42 Å². The lowest BCUT2D eigenvalue weighted by molar-refractivity contribution is 0.102. The van der Waals surface area contributed by atoms with Crippen molar-refractivity contribution in [1.82, 2.24) is 0 Å². The third-order valence-electron chi connectivity index (χ3n) is 3.19. The molecule has 0 spiro atoms. The molecule has 0 bridgehead atoms. The van der Waals surface area contributed by atoms with Gasteiger partial charge in [0.1, 0.15) is 5.75 Å². The fourth-order valence-corrected chi connectivity index (χ4v) is 3.15. The highest BCUT2D eigenvalue weighted by Crippen LogP contribution is 2.19. The molecule has 2 aromatic rings. The van der Waals surface area contributed by atoms with Gasteiger partial charge in [-0.15, -0.1) is 0 Å². The Morgan fingerprint density at radius 2 is 1.55 bits per heavy atom. The van der Waals surface area contributed by atoms with Crippen LogP contribution in [0.25, 0.3) is 11.1 Å². The van der Waals surface area contributed by atoms with Crippen LogP contribution >= 0.6 is 0 Å². The van der Waals surface area contributed by atoms with E-state index >= 15 is 0 Å². The lowest BCUT2D eigenvalue weighted by Crippen LogP contribution is -2.18. The van der Waals surface area contributed by atoms with Crippen molar-refractivity contribution < 1.29 is 13.2 Å². The molecule has 0 aliphatic rings. The van der Waals surface area contributed by atoms with Crippen LogP contribution in [0.5, 0.6) is 0 Å². The minimum Gasteiger partial charge on any atom is -0.293 e. The van der Waals surface area contributed by atoms with Crippen molar-refractivity contribution in [3.63, 3.8) is 0 Å². The number of ketones is 1. The molecule has 0 saturated heterocycles. The predicted molar refractivity (Wildman–Crippen MR) is 85.1 cm³/mol. The van der Waals surface area contributed by atoms with Crippen LogP contribution in [-0.2, 0) is 9.84 Å². The molecule has 0 unspecified atom stereocenters. The lowest BCUT2D eigenvalue weighted by Gasteiger charge is -2.05. The van der Waals surface area contributed by atoms with E-state index in [1.165, 1.54) is 0 Å². The summed E-state index contributed by atoms with van der Waals surface area (Å²) in [5.74, 6) is -1.28. The summed E-state index contributed by atoms with van der Waals surface area (Å²) in [5, 5.41) is 8.42. The Morgan fingerprint density at radius 3 is 2.14 bits per heavy atom. The molecule has 112 valence electrons. The van der Waals surface area contributed by atoms with E-state index in [1.807, 2.05) is 30.3 Å². The zero-order valence-corrected chi connectivity index (χ0v) is 12.7. The van der Waals surface area contributed by atoms with Gasteiger partial charge in [-0.2, -0.15) is 5.26 Å². The Kier molecular flexibility index (Phi) is 5.08. The molecule has 0 atom stereocenters. The molecule has 0 N–H and O–H groups in total. The van der Waals surface area contributed by atoms with Crippen molar-refractivity contribution in [2.75, 3.05) is 11.5 Å². The number of nitrogens with zero attached hydrogens (tertiary/aromatic N) is 1. The average Bonchev–Trinajstić information content (AvgIpc) is 2.53. The molecule has 2 rings (SSSR count). The van der Waals surface area contributed by atoms with Crippen molar-refractivity contribution in [2.24, 2.45) is 0 Å². The SMILES string of the molecule is N#CCCS(=O)(=O)CC(=O)c1ccc(-c2ccccc2)cc1. The van der Waals surface area contributed by atoms with Gasteiger partial charge in [0.2, 0.25) is 0 Å². The molecule has 0 fully saturated rings. The first-order chi connectivity index (χ1) is 10.5. The van der Waals surface area contributed by atoms with Crippen LogP contribution < -0.4 is 0 Å². The minimum absolute atomic E-state index is 0.0947. The predicted octanol–water partition coefficient (Wildman–Crippen LogP) is 2.86. The van der Waals surface area contributed by atoms with Gasteiger partial charge >= 0.3 is 0 Å². The Balaban J connectivity index is 2.11. The molecule has 0 aromatic heterocycles. The van der Waals surface area contributed by atoms with Crippen LogP contribution in [-0.4, -0.2) is 25.7 Å². The van der Waals surface area contributed by atoms with Crippen molar-refractivity contribution in [3.05, 3.63) is 60.2 Å². The van der Waals surface area contributed by atoms with Crippen LogP contribution in [0.2, 0.25) is 0 Å². The van der Waals surface area contributed by atoms with Crippen molar-refractivity contribution >= 4 is 15.6 Å². The average molecular weight is 313 g/mol. The van der Waals surface area contributed by atoms with Crippen molar-refractivity contribution in [1.29, 1.82) is 5.26 Å². The quantitative estimate of drug-likeness (QED) is 0.768. The number of Topliss-reactive ketones (excluding diaryl/α,β-unsaturated/α-hetero) is 1. The Labute approximate surface area is 129 Å². The smallest absolute Gasteiger partial charge is 0.177 e. The normalized spacial score (nSPS) is 10.9. The van der Waals surface area contributed by atoms with Crippen LogP contribution in [0.3, 0.4) is 0 Å². The topological polar surface area (TPSA) is 75.0 Å². The van der Waals surface area contributed by atoms with E-state index in [4.69, 9.17) is 5.26 Å². The van der Waals surface area contributed by atoms with E-state index in [1.54, 1.807) is 30.3 Å². The summed E-state index contributed by atoms with van der Waals surface area (Å²) >= 11 is 0. The number of carbonyl (C=O) groups is 1. The highest BCUT2D eigenvalue weighted by atomic mass is 32.2. The van der Waals surface area contributed by atoms with E-state index in [0.29, 0.717) is 5.56 Å². The number of nitriles is 1. The van der Waals surface area contributed by atoms with E-state index in [0.717, 1.165) is 11.1 Å². The number of sulfone groups is 1. The monoisotopic (exact) mass is 313 g/mol. The molecule has 0 saturated carbocycles. The summed E-state index contributed by atoms with van der Waals surface area (Å²) in [6, 6.07) is 18.3. The zero-order chi connectivity index (χ0) is 16.0. The summed E-state index contributed by atoms with van der Waals surface area (Å²) < 4.78 is 23.4. The van der Waals surface area contributed by atoms with Gasteiger partial charge in [0, 0.05) is 12.0 Å². The van der Waals surface area contributed by atoms with E-state index in [2.05, 4.69) is 0 Å². The van der Waals surface area contributed by atoms with Gasteiger partial charge in [-0.05, 0) is 11.1 Å². The third kappa shape index (κ3) is 4.27. The largest absolute Gasteiger partial charge is 0.293 e. The summed E-state index contributed by atoms with van der Waals surface area (Å²) in [6.07, 6.45) is -0.0947. The highest BCUT2D eigenvalue weighted by Gasteiger charge is 2.17. The van der Waals surface area contributed by atoms with E-state index < -0.39 is 21.4 Å². The molecule has 0 aliphatic heterocycles. The first kappa shape index (κ1) is 15.9. The summed E-state index contributed by atoms with van der Waals surface area (Å²) in [6.45, 7) is 0. The van der Waals surface area contributed by atoms with Crippen LogP contribution in [0.4, 0.5) is 0 Å². The molecule has 0 radical (unpaired) electrons. The number of hydrogen-bond donors (Lipinski definition) is 0. The van der Waals surface area contributed by atoms with Gasteiger partial charge in [-0.1, -0.05) is 54.6 Å². The minimum atomic E-state index is -3.53. The van der Waals surface area contributed by atoms with Gasteiger partial charge in [0.05, 0.1) is 11.8 Å². The van der Waals surface area contributed by atoms with Gasteiger partial charge in [0.15, 0.2) is 15.6 Å². The first-order valence-corrected chi connectivity index (χ1v) is 8.60. The van der Waals surface area contributed by atoms with Crippen LogP contribution in [0.1, 0.15) is 16.8 Å². The highest BCUT2D eigenvalue weighted by molar-refractivity contribution is 7.92. The van der Waals surface area contributed by atoms with Gasteiger partial charge in [0.25, 0.3) is 0 Å². The summed E-state index contributed by atoms with van der Waals surface area (Å²) in [4.78, 5) is 12.0. The van der Waals surface area contributed by atoms with E-state index in [9.17, 15) is 13.2 Å². The molecular formula is C17H15NO3S. The first-order valence-electron chi connectivity index (χ1n) is 6.78. The Bertz CT molecular complexity index is 788. The molecule has 0 aliphatic carbocycles. The molecule has 4 nitrogen and oxygen atoms in total. The Hall–Kier alpha value is -2.45. The lowest BCUT2D eigenvalue weighted by atomic mass is 10.0. The number of benzene rings is 2. The van der Waals surface area contributed by atoms with Crippen LogP contribution in [0, 0.1) is 11.3 Å². The maximum atomic E-state index is 12.0. The summed E-state index contributed by atoms with van der Waals surface area (Å²) in [7, 11) is -3.53.